The second-order valence-corrected chi connectivity index (χ2v) is 6.55. The lowest BCUT2D eigenvalue weighted by Gasteiger charge is -2.05. The Morgan fingerprint density at radius 3 is 2.65 bits per heavy atom. The van der Waals surface area contributed by atoms with Gasteiger partial charge in [-0.15, -0.1) is 0 Å². The molecule has 4 nitrogen and oxygen atoms in total. The van der Waals surface area contributed by atoms with Crippen LogP contribution in [0.5, 0.6) is 0 Å². The number of pyridine rings is 1. The Hall–Kier alpha value is -2.77. The third kappa shape index (κ3) is 3.58. The van der Waals surface area contributed by atoms with E-state index >= 15 is 0 Å². The van der Waals surface area contributed by atoms with E-state index in [2.05, 4.69) is 10.5 Å². The summed E-state index contributed by atoms with van der Waals surface area (Å²) in [6.07, 6.45) is 2.79. The molecule has 0 unspecified atom stereocenters. The summed E-state index contributed by atoms with van der Waals surface area (Å²) in [5.74, 6) is -0.261. The van der Waals surface area contributed by atoms with E-state index in [1.165, 1.54) is 0 Å². The summed E-state index contributed by atoms with van der Waals surface area (Å²) < 4.78 is 7.17. The summed E-state index contributed by atoms with van der Waals surface area (Å²) in [5.41, 5.74) is 5.61. The molecule has 0 spiro atoms. The molecule has 0 N–H and O–H groups in total. The zero-order valence-corrected chi connectivity index (χ0v) is 15.5. The number of rotatable bonds is 5. The van der Waals surface area contributed by atoms with Gasteiger partial charge in [-0.05, 0) is 54.8 Å². The lowest BCUT2D eigenvalue weighted by Crippen LogP contribution is -2.08. The monoisotopic (exact) mass is 366 g/mol. The van der Waals surface area contributed by atoms with Crippen molar-refractivity contribution in [1.29, 1.82) is 5.26 Å². The van der Waals surface area contributed by atoms with E-state index < -0.39 is 0 Å². The molecule has 0 amide bonds. The molecule has 26 heavy (non-hydrogen) atoms. The zero-order chi connectivity index (χ0) is 18.7. The first-order valence-electron chi connectivity index (χ1n) is 8.46. The van der Waals surface area contributed by atoms with Crippen molar-refractivity contribution in [3.8, 4) is 6.07 Å². The van der Waals surface area contributed by atoms with Crippen molar-refractivity contribution < 1.29 is 9.53 Å². The number of benzene rings is 1. The quantitative estimate of drug-likeness (QED) is 0.626. The summed E-state index contributed by atoms with van der Waals surface area (Å²) in [4.78, 5) is 12.1. The molecule has 0 aliphatic carbocycles. The van der Waals surface area contributed by atoms with Crippen LogP contribution in [0, 0.1) is 18.3 Å². The fourth-order valence-corrected chi connectivity index (χ4v) is 3.30. The number of esters is 1. The number of carbonyl (C=O) groups is 1. The highest BCUT2D eigenvalue weighted by Gasteiger charge is 2.18. The van der Waals surface area contributed by atoms with Gasteiger partial charge in [-0.25, -0.2) is 0 Å². The van der Waals surface area contributed by atoms with Crippen LogP contribution in [0.3, 0.4) is 0 Å². The van der Waals surface area contributed by atoms with Gasteiger partial charge >= 0.3 is 5.97 Å². The second kappa shape index (κ2) is 7.63. The third-order valence-corrected chi connectivity index (χ3v) is 4.73. The maximum atomic E-state index is 12.1. The van der Waals surface area contributed by atoms with E-state index in [9.17, 15) is 10.1 Å². The molecule has 5 heteroatoms. The molecule has 132 valence electrons. The van der Waals surface area contributed by atoms with Crippen molar-refractivity contribution in [2.45, 2.75) is 26.7 Å². The number of hydrogen-bond acceptors (Lipinski definition) is 3. The summed E-state index contributed by atoms with van der Waals surface area (Å²) in [5, 5.41) is 9.93. The number of halogens is 1. The van der Waals surface area contributed by atoms with Crippen molar-refractivity contribution in [3.63, 3.8) is 0 Å². The molecule has 1 aromatic carbocycles. The summed E-state index contributed by atoms with van der Waals surface area (Å²) in [6, 6.07) is 13.5. The van der Waals surface area contributed by atoms with Gasteiger partial charge in [0.25, 0.3) is 0 Å². The highest BCUT2D eigenvalue weighted by Crippen LogP contribution is 2.27. The second-order valence-electron chi connectivity index (χ2n) is 6.12. The maximum Gasteiger partial charge on any atom is 0.310 e. The molecule has 0 saturated heterocycles. The molecule has 3 aromatic rings. The van der Waals surface area contributed by atoms with Crippen molar-refractivity contribution in [2.24, 2.45) is 0 Å². The van der Waals surface area contributed by atoms with Gasteiger partial charge in [-0.2, -0.15) is 5.26 Å². The summed E-state index contributed by atoms with van der Waals surface area (Å²) >= 11 is 5.98. The molecule has 0 fully saturated rings. The highest BCUT2D eigenvalue weighted by atomic mass is 35.5. The third-order valence-electron chi connectivity index (χ3n) is 4.48. The highest BCUT2D eigenvalue weighted by molar-refractivity contribution is 6.30. The molecule has 2 aromatic heterocycles. The molecule has 0 aliphatic rings. The number of carbonyl (C=O) groups excluding carboxylic acids is 1. The van der Waals surface area contributed by atoms with Gasteiger partial charge in [0.1, 0.15) is 0 Å². The lowest BCUT2D eigenvalue weighted by molar-refractivity contribution is -0.142. The maximum absolute atomic E-state index is 12.1. The Morgan fingerprint density at radius 1 is 1.27 bits per heavy atom. The smallest absolute Gasteiger partial charge is 0.310 e. The fourth-order valence-electron chi connectivity index (χ4n) is 3.18. The minimum atomic E-state index is -0.261. The largest absolute Gasteiger partial charge is 0.466 e. The fraction of sp³-hybridized carbons (Fsp3) is 0.238. The minimum absolute atomic E-state index is 0.193. The van der Waals surface area contributed by atoms with Crippen LogP contribution in [-0.4, -0.2) is 17.0 Å². The van der Waals surface area contributed by atoms with E-state index in [-0.39, 0.29) is 12.4 Å². The Bertz CT molecular complexity index is 998. The number of ether oxygens (including phenoxy) is 1. The molecule has 0 bridgehead atoms. The van der Waals surface area contributed by atoms with Gasteiger partial charge in [0.2, 0.25) is 0 Å². The SMILES string of the molecule is CCOC(=O)Cc1c(C)c(Cc2ccc(Cl)cc2)n2ccc(C#N)cc12. The number of aromatic nitrogens is 1. The molecule has 3 rings (SSSR count). The molecular weight excluding hydrogens is 348 g/mol. The molecule has 0 saturated carbocycles. The zero-order valence-electron chi connectivity index (χ0n) is 14.8. The van der Waals surface area contributed by atoms with Gasteiger partial charge in [-0.1, -0.05) is 23.7 Å². The predicted octanol–water partition coefficient (Wildman–Crippen LogP) is 4.47. The normalized spacial score (nSPS) is 10.7. The van der Waals surface area contributed by atoms with E-state index in [0.29, 0.717) is 23.6 Å². The van der Waals surface area contributed by atoms with Gasteiger partial charge in [0, 0.05) is 23.3 Å². The van der Waals surface area contributed by atoms with Gasteiger partial charge < -0.3 is 9.14 Å². The van der Waals surface area contributed by atoms with Crippen LogP contribution in [0.25, 0.3) is 5.52 Å². The number of hydrogen-bond donors (Lipinski definition) is 0. The van der Waals surface area contributed by atoms with E-state index in [1.807, 2.05) is 43.5 Å². The number of nitrogens with zero attached hydrogens (tertiary/aromatic N) is 2. The standard InChI is InChI=1S/C21H19ClN2O2/c1-3-26-21(25)12-18-14(2)19(10-15-4-6-17(22)7-5-15)24-9-8-16(13-23)11-20(18)24/h4-9,11H,3,10,12H2,1-2H3. The molecule has 0 aliphatic heterocycles. The summed E-state index contributed by atoms with van der Waals surface area (Å²) in [6.45, 7) is 4.16. The Kier molecular flexibility index (Phi) is 5.29. The minimum Gasteiger partial charge on any atom is -0.466 e. The molecule has 0 atom stereocenters. The van der Waals surface area contributed by atoms with Crippen LogP contribution < -0.4 is 0 Å². The van der Waals surface area contributed by atoms with Crippen LogP contribution in [0.15, 0.2) is 42.6 Å². The van der Waals surface area contributed by atoms with Crippen LogP contribution in [0.2, 0.25) is 5.02 Å². The molecule has 2 heterocycles. The van der Waals surface area contributed by atoms with Crippen LogP contribution >= 0.6 is 11.6 Å². The van der Waals surface area contributed by atoms with Gasteiger partial charge in [0.15, 0.2) is 0 Å². The van der Waals surface area contributed by atoms with Crippen molar-refractivity contribution in [1.82, 2.24) is 4.40 Å². The Labute approximate surface area is 157 Å². The first-order valence-corrected chi connectivity index (χ1v) is 8.83. The predicted molar refractivity (Wildman–Crippen MR) is 101 cm³/mol. The Balaban J connectivity index is 2.10. The van der Waals surface area contributed by atoms with E-state index in [0.717, 1.165) is 27.9 Å². The first kappa shape index (κ1) is 18.0. The van der Waals surface area contributed by atoms with E-state index in [4.69, 9.17) is 16.3 Å². The van der Waals surface area contributed by atoms with Gasteiger partial charge in [0.05, 0.1) is 30.2 Å². The lowest BCUT2D eigenvalue weighted by atomic mass is 10.0. The van der Waals surface area contributed by atoms with Crippen molar-refractivity contribution in [2.75, 3.05) is 6.61 Å². The first-order chi connectivity index (χ1) is 12.5. The van der Waals surface area contributed by atoms with Crippen LogP contribution in [0.4, 0.5) is 0 Å². The Morgan fingerprint density at radius 2 is 2.00 bits per heavy atom. The number of nitriles is 1. The number of fused-ring (bicyclic) bond motifs is 1. The average molecular weight is 367 g/mol. The van der Waals surface area contributed by atoms with Crippen LogP contribution in [0.1, 0.15) is 34.9 Å². The summed E-state index contributed by atoms with van der Waals surface area (Å²) in [7, 11) is 0. The van der Waals surface area contributed by atoms with E-state index in [1.54, 1.807) is 13.0 Å². The van der Waals surface area contributed by atoms with Crippen molar-refractivity contribution in [3.05, 3.63) is 75.6 Å². The average Bonchev–Trinajstić information content (AvgIpc) is 2.89. The molecular formula is C21H19ClN2O2. The van der Waals surface area contributed by atoms with Crippen molar-refractivity contribution >= 4 is 23.1 Å². The van der Waals surface area contributed by atoms with Crippen LogP contribution in [-0.2, 0) is 22.4 Å². The molecule has 0 radical (unpaired) electrons. The van der Waals surface area contributed by atoms with Gasteiger partial charge in [-0.3, -0.25) is 4.79 Å². The topological polar surface area (TPSA) is 54.5 Å².